The molecule has 0 aromatic heterocycles. The summed E-state index contributed by atoms with van der Waals surface area (Å²) in [6.45, 7) is 0.327. The molecule has 0 bridgehead atoms. The Morgan fingerprint density at radius 1 is 1.29 bits per heavy atom. The average molecular weight is 311 g/mol. The van der Waals surface area contributed by atoms with Crippen LogP contribution in [-0.4, -0.2) is 29.4 Å². The van der Waals surface area contributed by atoms with Gasteiger partial charge in [0.15, 0.2) is 0 Å². The third-order valence-electron chi connectivity index (χ3n) is 3.89. The molecule has 5 heteroatoms. The molecule has 2 N–H and O–H groups in total. The predicted molar refractivity (Wildman–Crippen MR) is 82.7 cm³/mol. The molecule has 0 heterocycles. The lowest BCUT2D eigenvalue weighted by Crippen LogP contribution is -2.37. The van der Waals surface area contributed by atoms with E-state index in [-0.39, 0.29) is 17.5 Å². The van der Waals surface area contributed by atoms with E-state index in [1.165, 1.54) is 43.2 Å². The van der Waals surface area contributed by atoms with Gasteiger partial charge in [-0.2, -0.15) is 0 Å². The summed E-state index contributed by atoms with van der Waals surface area (Å²) in [7, 11) is 0. The number of carbonyl (C=O) groups excluding carboxylic acids is 1. The number of hydrogen-bond acceptors (Lipinski definition) is 3. The normalized spacial score (nSPS) is 17.4. The summed E-state index contributed by atoms with van der Waals surface area (Å²) in [5.41, 5.74) is 0. The third-order valence-corrected chi connectivity index (χ3v) is 4.90. The van der Waals surface area contributed by atoms with Crippen molar-refractivity contribution in [2.45, 2.75) is 43.1 Å². The van der Waals surface area contributed by atoms with Crippen molar-refractivity contribution >= 4 is 17.7 Å². The van der Waals surface area contributed by atoms with Gasteiger partial charge in [-0.15, -0.1) is 11.8 Å². The summed E-state index contributed by atoms with van der Waals surface area (Å²) < 4.78 is 12.8. The Morgan fingerprint density at radius 2 is 1.95 bits per heavy atom. The maximum Gasteiger partial charge on any atom is 0.230 e. The fraction of sp³-hybridized carbons (Fsp3) is 0.562. The van der Waals surface area contributed by atoms with E-state index in [2.05, 4.69) is 5.32 Å². The van der Waals surface area contributed by atoms with Crippen molar-refractivity contribution in [1.82, 2.24) is 5.32 Å². The Labute approximate surface area is 129 Å². The maximum atomic E-state index is 12.8. The van der Waals surface area contributed by atoms with E-state index in [4.69, 9.17) is 0 Å². The number of carbonyl (C=O) groups is 1. The number of aliphatic hydroxyl groups excluding tert-OH is 1. The Kier molecular flexibility index (Phi) is 6.51. The SMILES string of the molecule is O=C(CSc1ccc(F)cc1)NC[C@H](O)C1CCCCC1. The van der Waals surface area contributed by atoms with Crippen LogP contribution in [0, 0.1) is 11.7 Å². The van der Waals surface area contributed by atoms with Crippen molar-refractivity contribution in [3.63, 3.8) is 0 Å². The van der Waals surface area contributed by atoms with Gasteiger partial charge in [0.05, 0.1) is 11.9 Å². The van der Waals surface area contributed by atoms with Crippen molar-refractivity contribution in [3.05, 3.63) is 30.1 Å². The van der Waals surface area contributed by atoms with Crippen LogP contribution >= 0.6 is 11.8 Å². The van der Waals surface area contributed by atoms with E-state index in [1.807, 2.05) is 0 Å². The highest BCUT2D eigenvalue weighted by molar-refractivity contribution is 8.00. The minimum Gasteiger partial charge on any atom is -0.391 e. The monoisotopic (exact) mass is 311 g/mol. The van der Waals surface area contributed by atoms with Gasteiger partial charge in [0.2, 0.25) is 5.91 Å². The molecule has 116 valence electrons. The zero-order valence-electron chi connectivity index (χ0n) is 12.1. The van der Waals surface area contributed by atoms with Gasteiger partial charge in [0, 0.05) is 11.4 Å². The second kappa shape index (κ2) is 8.39. The van der Waals surface area contributed by atoms with Gasteiger partial charge in [0.1, 0.15) is 5.82 Å². The molecule has 3 nitrogen and oxygen atoms in total. The third kappa shape index (κ3) is 5.67. The second-order valence-electron chi connectivity index (χ2n) is 5.51. The highest BCUT2D eigenvalue weighted by atomic mass is 32.2. The van der Waals surface area contributed by atoms with Gasteiger partial charge in [-0.1, -0.05) is 19.3 Å². The van der Waals surface area contributed by atoms with Crippen molar-refractivity contribution in [1.29, 1.82) is 0 Å². The van der Waals surface area contributed by atoms with Crippen LogP contribution in [0.5, 0.6) is 0 Å². The zero-order chi connectivity index (χ0) is 15.1. The summed E-state index contributed by atoms with van der Waals surface area (Å²) in [4.78, 5) is 12.6. The van der Waals surface area contributed by atoms with Gasteiger partial charge in [-0.05, 0) is 43.0 Å². The smallest absolute Gasteiger partial charge is 0.230 e. The van der Waals surface area contributed by atoms with E-state index in [0.29, 0.717) is 12.5 Å². The molecular formula is C16H22FNO2S. The van der Waals surface area contributed by atoms with Crippen molar-refractivity contribution in [3.8, 4) is 0 Å². The quantitative estimate of drug-likeness (QED) is 0.794. The average Bonchev–Trinajstić information content (AvgIpc) is 2.53. The number of hydrogen-bond donors (Lipinski definition) is 2. The fourth-order valence-corrected chi connectivity index (χ4v) is 3.36. The number of rotatable bonds is 6. The number of thioether (sulfide) groups is 1. The Bertz CT molecular complexity index is 446. The van der Waals surface area contributed by atoms with Crippen LogP contribution in [0.15, 0.2) is 29.2 Å². The lowest BCUT2D eigenvalue weighted by atomic mass is 9.85. The topological polar surface area (TPSA) is 49.3 Å². The zero-order valence-corrected chi connectivity index (χ0v) is 12.9. The standard InChI is InChI=1S/C16H22FNO2S/c17-13-6-8-14(9-7-13)21-11-16(20)18-10-15(19)12-4-2-1-3-5-12/h6-9,12,15,19H,1-5,10-11H2,(H,18,20)/t15-/m0/s1. The first kappa shape index (κ1) is 16.3. The number of benzene rings is 1. The molecule has 0 aliphatic heterocycles. The molecule has 1 aromatic carbocycles. The molecule has 1 aliphatic rings. The molecule has 1 amide bonds. The first-order chi connectivity index (χ1) is 10.1. The molecule has 0 radical (unpaired) electrons. The summed E-state index contributed by atoms with van der Waals surface area (Å²) in [5, 5.41) is 12.9. The molecular weight excluding hydrogens is 289 g/mol. The Balaban J connectivity index is 1.66. The lowest BCUT2D eigenvalue weighted by Gasteiger charge is -2.26. The van der Waals surface area contributed by atoms with Crippen LogP contribution in [0.4, 0.5) is 4.39 Å². The van der Waals surface area contributed by atoms with E-state index in [9.17, 15) is 14.3 Å². The highest BCUT2D eigenvalue weighted by Crippen LogP contribution is 2.26. The summed E-state index contributed by atoms with van der Waals surface area (Å²) in [5.74, 6) is 0.227. The number of aliphatic hydroxyl groups is 1. The minimum absolute atomic E-state index is 0.0980. The van der Waals surface area contributed by atoms with Crippen molar-refractivity contribution < 1.29 is 14.3 Å². The van der Waals surface area contributed by atoms with Crippen LogP contribution in [0.2, 0.25) is 0 Å². The lowest BCUT2D eigenvalue weighted by molar-refractivity contribution is -0.119. The first-order valence-electron chi connectivity index (χ1n) is 7.48. The summed E-state index contributed by atoms with van der Waals surface area (Å²) in [6, 6.07) is 6.08. The van der Waals surface area contributed by atoms with Crippen LogP contribution in [0.25, 0.3) is 0 Å². The molecule has 0 spiro atoms. The van der Waals surface area contributed by atoms with Gasteiger partial charge in [-0.3, -0.25) is 4.79 Å². The number of nitrogens with one attached hydrogen (secondary N) is 1. The Morgan fingerprint density at radius 3 is 2.62 bits per heavy atom. The van der Waals surface area contributed by atoms with Crippen LogP contribution in [0.1, 0.15) is 32.1 Å². The Hall–Kier alpha value is -1.07. The summed E-state index contributed by atoms with van der Waals surface area (Å²) in [6.07, 6.45) is 5.28. The van der Waals surface area contributed by atoms with Crippen LogP contribution in [-0.2, 0) is 4.79 Å². The summed E-state index contributed by atoms with van der Waals surface area (Å²) >= 11 is 1.36. The molecule has 2 rings (SSSR count). The van der Waals surface area contributed by atoms with Crippen LogP contribution in [0.3, 0.4) is 0 Å². The molecule has 1 atom stereocenters. The number of amides is 1. The van der Waals surface area contributed by atoms with Gasteiger partial charge in [0.25, 0.3) is 0 Å². The molecule has 1 aromatic rings. The second-order valence-corrected chi connectivity index (χ2v) is 6.56. The fourth-order valence-electron chi connectivity index (χ4n) is 2.63. The molecule has 21 heavy (non-hydrogen) atoms. The number of halogens is 1. The van der Waals surface area contributed by atoms with Crippen molar-refractivity contribution in [2.75, 3.05) is 12.3 Å². The first-order valence-corrected chi connectivity index (χ1v) is 8.47. The van der Waals surface area contributed by atoms with E-state index < -0.39 is 6.10 Å². The highest BCUT2D eigenvalue weighted by Gasteiger charge is 2.21. The van der Waals surface area contributed by atoms with E-state index in [0.717, 1.165) is 17.7 Å². The van der Waals surface area contributed by atoms with Gasteiger partial charge < -0.3 is 10.4 Å². The van der Waals surface area contributed by atoms with Crippen LogP contribution < -0.4 is 5.32 Å². The molecule has 1 saturated carbocycles. The van der Waals surface area contributed by atoms with Gasteiger partial charge in [-0.25, -0.2) is 4.39 Å². The molecule has 1 fully saturated rings. The maximum absolute atomic E-state index is 12.8. The largest absolute Gasteiger partial charge is 0.391 e. The van der Waals surface area contributed by atoms with Gasteiger partial charge >= 0.3 is 0 Å². The minimum atomic E-state index is -0.440. The van der Waals surface area contributed by atoms with E-state index in [1.54, 1.807) is 12.1 Å². The molecule has 0 unspecified atom stereocenters. The van der Waals surface area contributed by atoms with Crippen molar-refractivity contribution in [2.24, 2.45) is 5.92 Å². The predicted octanol–water partition coefficient (Wildman–Crippen LogP) is 2.98. The van der Waals surface area contributed by atoms with E-state index >= 15 is 0 Å². The molecule has 1 aliphatic carbocycles. The molecule has 0 saturated heterocycles.